The van der Waals surface area contributed by atoms with E-state index >= 15 is 0 Å². The van der Waals surface area contributed by atoms with Gasteiger partial charge in [-0.05, 0) is 42.8 Å². The summed E-state index contributed by atoms with van der Waals surface area (Å²) >= 11 is 5.75. The zero-order valence-electron chi connectivity index (χ0n) is 17.2. The number of fused-ring (bicyclic) bond motifs is 1. The highest BCUT2D eigenvalue weighted by Gasteiger charge is 2.32. The maximum atomic E-state index is 13.8. The number of likely N-dealkylation sites (N-methyl/N-ethyl adjacent to an activating group) is 1. The lowest BCUT2D eigenvalue weighted by Crippen LogP contribution is -2.56. The topological polar surface area (TPSA) is 73.0 Å². The molecule has 4 rings (SSSR count). The van der Waals surface area contributed by atoms with Crippen LogP contribution >= 0.6 is 11.6 Å². The van der Waals surface area contributed by atoms with Crippen molar-refractivity contribution >= 4 is 46.4 Å². The Morgan fingerprint density at radius 2 is 1.94 bits per heavy atom. The first-order valence-corrected chi connectivity index (χ1v) is 10.3. The van der Waals surface area contributed by atoms with Gasteiger partial charge in [-0.3, -0.25) is 14.4 Å². The summed E-state index contributed by atoms with van der Waals surface area (Å²) in [6.45, 7) is 3.11. The minimum absolute atomic E-state index is 0.0122. The molecule has 0 aliphatic carbocycles. The van der Waals surface area contributed by atoms with Crippen molar-refractivity contribution in [2.75, 3.05) is 41.8 Å². The third kappa shape index (κ3) is 4.07. The average molecular weight is 445 g/mol. The molecule has 0 radical (unpaired) electrons. The molecule has 1 atom stereocenters. The Kier molecular flexibility index (Phi) is 5.58. The van der Waals surface area contributed by atoms with Crippen LogP contribution in [0.15, 0.2) is 36.4 Å². The number of rotatable bonds is 2. The number of benzene rings is 2. The number of hydrogen-bond donors (Lipinski definition) is 1. The number of nitrogens with one attached hydrogen (secondary N) is 1. The molecule has 9 heteroatoms. The quantitative estimate of drug-likeness (QED) is 0.723. The zero-order valence-corrected chi connectivity index (χ0v) is 17.9. The van der Waals surface area contributed by atoms with E-state index in [2.05, 4.69) is 5.32 Å². The maximum absolute atomic E-state index is 13.8. The fourth-order valence-corrected chi connectivity index (χ4v) is 4.13. The molecule has 2 aliphatic rings. The van der Waals surface area contributed by atoms with E-state index in [1.807, 2.05) is 11.8 Å². The summed E-state index contributed by atoms with van der Waals surface area (Å²) in [5.41, 5.74) is 2.76. The number of anilines is 3. The largest absolute Gasteiger partial charge is 0.368 e. The molecular formula is C22H22ClFN4O3. The summed E-state index contributed by atoms with van der Waals surface area (Å²) in [5.74, 6) is -1.86. The smallest absolute Gasteiger partial charge is 0.313 e. The Morgan fingerprint density at radius 1 is 1.16 bits per heavy atom. The number of nitrogens with zero attached hydrogens (tertiary/aromatic N) is 3. The van der Waals surface area contributed by atoms with Gasteiger partial charge in [0.25, 0.3) is 0 Å². The van der Waals surface area contributed by atoms with E-state index in [4.69, 9.17) is 11.6 Å². The van der Waals surface area contributed by atoms with E-state index in [0.29, 0.717) is 37.4 Å². The molecule has 7 nitrogen and oxygen atoms in total. The lowest BCUT2D eigenvalue weighted by atomic mass is 10.1. The molecule has 3 amide bonds. The molecule has 1 fully saturated rings. The van der Waals surface area contributed by atoms with E-state index < -0.39 is 17.6 Å². The molecular weight excluding hydrogens is 423 g/mol. The minimum Gasteiger partial charge on any atom is -0.368 e. The van der Waals surface area contributed by atoms with Crippen molar-refractivity contribution < 1.29 is 18.8 Å². The molecule has 2 aromatic carbocycles. The zero-order chi connectivity index (χ0) is 22.3. The van der Waals surface area contributed by atoms with Gasteiger partial charge in [0, 0.05) is 49.8 Å². The van der Waals surface area contributed by atoms with Crippen LogP contribution in [0.3, 0.4) is 0 Å². The van der Waals surface area contributed by atoms with Crippen molar-refractivity contribution in [1.82, 2.24) is 4.90 Å². The predicted octanol–water partition coefficient (Wildman–Crippen LogP) is 2.67. The van der Waals surface area contributed by atoms with Gasteiger partial charge in [0.05, 0.1) is 11.4 Å². The minimum atomic E-state index is -0.732. The number of piperazine rings is 1. The van der Waals surface area contributed by atoms with Crippen LogP contribution in [-0.4, -0.2) is 55.3 Å². The summed E-state index contributed by atoms with van der Waals surface area (Å²) in [6, 6.07) is 9.53. The lowest BCUT2D eigenvalue weighted by Gasteiger charge is -2.40. The average Bonchev–Trinajstić information content (AvgIpc) is 3.03. The fourth-order valence-electron chi connectivity index (χ4n) is 4.01. The van der Waals surface area contributed by atoms with Crippen molar-refractivity contribution in [3.05, 3.63) is 52.8 Å². The Bertz CT molecular complexity index is 1080. The van der Waals surface area contributed by atoms with Crippen molar-refractivity contribution in [3.63, 3.8) is 0 Å². The molecule has 2 aromatic rings. The van der Waals surface area contributed by atoms with Gasteiger partial charge in [0.1, 0.15) is 5.82 Å². The number of carbonyl (C=O) groups is 3. The Morgan fingerprint density at radius 3 is 2.65 bits per heavy atom. The van der Waals surface area contributed by atoms with Crippen LogP contribution in [-0.2, 0) is 20.8 Å². The molecule has 1 N–H and O–H groups in total. The summed E-state index contributed by atoms with van der Waals surface area (Å²) < 4.78 is 13.8. The van der Waals surface area contributed by atoms with E-state index in [-0.39, 0.29) is 17.0 Å². The number of carbonyl (C=O) groups excluding carboxylic acids is 3. The van der Waals surface area contributed by atoms with Crippen LogP contribution in [0.25, 0.3) is 0 Å². The molecule has 162 valence electrons. The van der Waals surface area contributed by atoms with Gasteiger partial charge in [0.15, 0.2) is 0 Å². The monoisotopic (exact) mass is 444 g/mol. The van der Waals surface area contributed by atoms with Crippen molar-refractivity contribution in [2.24, 2.45) is 0 Å². The van der Waals surface area contributed by atoms with Crippen molar-refractivity contribution in [3.8, 4) is 0 Å². The van der Waals surface area contributed by atoms with Crippen molar-refractivity contribution in [2.45, 2.75) is 19.4 Å². The van der Waals surface area contributed by atoms with Crippen LogP contribution in [0.2, 0.25) is 5.02 Å². The highest BCUT2D eigenvalue weighted by Crippen LogP contribution is 2.30. The maximum Gasteiger partial charge on any atom is 0.313 e. The molecule has 0 spiro atoms. The summed E-state index contributed by atoms with van der Waals surface area (Å²) in [4.78, 5) is 42.2. The second kappa shape index (κ2) is 8.19. The molecule has 0 aromatic heterocycles. The molecule has 0 saturated carbocycles. The molecule has 31 heavy (non-hydrogen) atoms. The Hall–Kier alpha value is -3.13. The SMILES string of the molecule is C[C@@H]1CN(c2ccc(Cl)c(F)c2)CCN1C(=O)C(=O)Nc1ccc2c(c1)N(C)C(=O)C2. The van der Waals surface area contributed by atoms with Gasteiger partial charge in [-0.25, -0.2) is 4.39 Å². The van der Waals surface area contributed by atoms with E-state index in [9.17, 15) is 18.8 Å². The van der Waals surface area contributed by atoms with Crippen LogP contribution in [0.5, 0.6) is 0 Å². The molecule has 2 aliphatic heterocycles. The lowest BCUT2D eigenvalue weighted by molar-refractivity contribution is -0.144. The van der Waals surface area contributed by atoms with Gasteiger partial charge >= 0.3 is 11.8 Å². The van der Waals surface area contributed by atoms with Gasteiger partial charge < -0.3 is 20.0 Å². The van der Waals surface area contributed by atoms with Gasteiger partial charge in [-0.1, -0.05) is 17.7 Å². The highest BCUT2D eigenvalue weighted by molar-refractivity contribution is 6.39. The Balaban J connectivity index is 1.40. The summed E-state index contributed by atoms with van der Waals surface area (Å²) in [5, 5.41) is 2.69. The normalized spacial score (nSPS) is 18.3. The first-order valence-electron chi connectivity index (χ1n) is 9.96. The van der Waals surface area contributed by atoms with Gasteiger partial charge in [0.2, 0.25) is 5.91 Å². The third-order valence-corrected chi connectivity index (χ3v) is 6.08. The molecule has 0 bridgehead atoms. The van der Waals surface area contributed by atoms with Gasteiger partial charge in [-0.2, -0.15) is 0 Å². The van der Waals surface area contributed by atoms with E-state index in [1.54, 1.807) is 31.3 Å². The standard InChI is InChI=1S/C22H22ClFN4O3/c1-13-12-27(16-5-6-17(23)18(24)11-16)7-8-28(13)22(31)21(30)25-15-4-3-14-9-20(29)26(2)19(14)10-15/h3-6,10-11,13H,7-9,12H2,1-2H3,(H,25,30)/t13-/m1/s1. The van der Waals surface area contributed by atoms with Crippen LogP contribution < -0.4 is 15.1 Å². The molecule has 1 saturated heterocycles. The number of hydrogen-bond acceptors (Lipinski definition) is 4. The number of amides is 3. The second-order valence-corrected chi connectivity index (χ2v) is 8.23. The van der Waals surface area contributed by atoms with Crippen LogP contribution in [0.4, 0.5) is 21.5 Å². The summed E-state index contributed by atoms with van der Waals surface area (Å²) in [7, 11) is 1.68. The second-order valence-electron chi connectivity index (χ2n) is 7.82. The number of halogens is 2. The fraction of sp³-hybridized carbons (Fsp3) is 0.318. The first-order chi connectivity index (χ1) is 14.7. The predicted molar refractivity (Wildman–Crippen MR) is 117 cm³/mol. The molecule has 2 heterocycles. The third-order valence-electron chi connectivity index (χ3n) is 5.77. The molecule has 0 unspecified atom stereocenters. The highest BCUT2D eigenvalue weighted by atomic mass is 35.5. The Labute approximate surface area is 184 Å². The van der Waals surface area contributed by atoms with Crippen LogP contribution in [0, 0.1) is 5.82 Å². The van der Waals surface area contributed by atoms with Crippen LogP contribution in [0.1, 0.15) is 12.5 Å². The van der Waals surface area contributed by atoms with Crippen molar-refractivity contribution in [1.29, 1.82) is 0 Å². The van der Waals surface area contributed by atoms with Gasteiger partial charge in [-0.15, -0.1) is 0 Å². The van der Waals surface area contributed by atoms with E-state index in [1.165, 1.54) is 21.9 Å². The van der Waals surface area contributed by atoms with E-state index in [0.717, 1.165) is 11.3 Å². The summed E-state index contributed by atoms with van der Waals surface area (Å²) in [6.07, 6.45) is 0.332. The first kappa shape index (κ1) is 21.1.